The number of rotatable bonds is 5. The number of aryl methyl sites for hydroxylation is 1. The van der Waals surface area contributed by atoms with Crippen LogP contribution < -0.4 is 0 Å². The number of hydrogen-bond donors (Lipinski definition) is 0. The molecule has 1 atom stereocenters. The summed E-state index contributed by atoms with van der Waals surface area (Å²) >= 11 is 7.65. The first-order valence-corrected chi connectivity index (χ1v) is 7.84. The summed E-state index contributed by atoms with van der Waals surface area (Å²) in [6.45, 7) is 2.09. The van der Waals surface area contributed by atoms with Gasteiger partial charge in [-0.3, -0.25) is 0 Å². The minimum atomic E-state index is -0.456. The van der Waals surface area contributed by atoms with Crippen LogP contribution in [0.4, 0.5) is 0 Å². The van der Waals surface area contributed by atoms with Gasteiger partial charge in [0.1, 0.15) is 10.3 Å². The fraction of sp³-hybridized carbons (Fsp3) is 0.286. The van der Waals surface area contributed by atoms with Gasteiger partial charge in [-0.1, -0.05) is 48.2 Å². The first-order valence-electron chi connectivity index (χ1n) is 6.63. The minimum Gasteiger partial charge on any atom is -0.418 e. The van der Waals surface area contributed by atoms with E-state index in [4.69, 9.17) is 16.0 Å². The third-order valence-electron chi connectivity index (χ3n) is 2.99. The van der Waals surface area contributed by atoms with Gasteiger partial charge in [0.25, 0.3) is 5.89 Å². The van der Waals surface area contributed by atoms with Crippen molar-refractivity contribution in [2.75, 3.05) is 0 Å². The summed E-state index contributed by atoms with van der Waals surface area (Å²) < 4.78 is 9.67. The van der Waals surface area contributed by atoms with Crippen LogP contribution in [0.5, 0.6) is 0 Å². The van der Waals surface area contributed by atoms with Crippen LogP contribution in [0.15, 0.2) is 34.7 Å². The Balaban J connectivity index is 1.88. The standard InChI is InChI=1S/C14H13ClN4OS/c1-2-6-10-12(21-19-16-10)14-18-17-13(20-14)11(15)9-7-4-3-5-8-9/h3-5,7-8,11H,2,6H2,1H3. The molecular formula is C14H13ClN4OS. The van der Waals surface area contributed by atoms with Crippen LogP contribution >= 0.6 is 23.1 Å². The van der Waals surface area contributed by atoms with E-state index in [1.165, 1.54) is 11.5 Å². The topological polar surface area (TPSA) is 64.7 Å². The molecule has 2 heterocycles. The maximum Gasteiger partial charge on any atom is 0.261 e. The minimum absolute atomic E-state index is 0.383. The fourth-order valence-corrected chi connectivity index (χ4v) is 2.83. The van der Waals surface area contributed by atoms with Gasteiger partial charge in [0, 0.05) is 0 Å². The molecule has 0 radical (unpaired) electrons. The van der Waals surface area contributed by atoms with Gasteiger partial charge >= 0.3 is 0 Å². The smallest absolute Gasteiger partial charge is 0.261 e. The van der Waals surface area contributed by atoms with Crippen LogP contribution in [0.25, 0.3) is 10.8 Å². The molecule has 0 spiro atoms. The van der Waals surface area contributed by atoms with E-state index in [2.05, 4.69) is 26.7 Å². The molecule has 1 aromatic carbocycles. The van der Waals surface area contributed by atoms with Gasteiger partial charge in [0.05, 0.1) is 5.69 Å². The maximum absolute atomic E-state index is 6.38. The molecule has 2 aromatic heterocycles. The zero-order valence-corrected chi connectivity index (χ0v) is 12.9. The van der Waals surface area contributed by atoms with E-state index >= 15 is 0 Å². The molecule has 3 rings (SSSR count). The maximum atomic E-state index is 6.38. The molecule has 108 valence electrons. The summed E-state index contributed by atoms with van der Waals surface area (Å²) in [7, 11) is 0. The zero-order valence-electron chi connectivity index (χ0n) is 11.4. The van der Waals surface area contributed by atoms with Crippen molar-refractivity contribution in [2.24, 2.45) is 0 Å². The predicted octanol–water partition coefficient (Wildman–Crippen LogP) is 3.87. The number of nitrogens with zero attached hydrogens (tertiary/aromatic N) is 4. The second-order valence-electron chi connectivity index (χ2n) is 4.52. The summed E-state index contributed by atoms with van der Waals surface area (Å²) in [5, 5.41) is 11.8. The van der Waals surface area contributed by atoms with Crippen molar-refractivity contribution in [2.45, 2.75) is 25.1 Å². The molecule has 0 aliphatic heterocycles. The monoisotopic (exact) mass is 320 g/mol. The Kier molecular flexibility index (Phi) is 4.26. The first-order chi connectivity index (χ1) is 10.3. The van der Waals surface area contributed by atoms with Crippen molar-refractivity contribution in [3.63, 3.8) is 0 Å². The highest BCUT2D eigenvalue weighted by molar-refractivity contribution is 7.09. The molecule has 0 N–H and O–H groups in total. The van der Waals surface area contributed by atoms with E-state index < -0.39 is 5.38 Å². The summed E-state index contributed by atoms with van der Waals surface area (Å²) in [4.78, 5) is 0.826. The van der Waals surface area contributed by atoms with Gasteiger partial charge in [-0.25, -0.2) is 0 Å². The Morgan fingerprint density at radius 3 is 2.76 bits per heavy atom. The molecule has 0 fully saturated rings. The third kappa shape index (κ3) is 2.96. The summed E-state index contributed by atoms with van der Waals surface area (Å²) in [5.74, 6) is 0.818. The fourth-order valence-electron chi connectivity index (χ4n) is 1.96. The third-order valence-corrected chi connectivity index (χ3v) is 4.18. The molecule has 7 heteroatoms. The van der Waals surface area contributed by atoms with Crippen molar-refractivity contribution in [3.05, 3.63) is 47.5 Å². The van der Waals surface area contributed by atoms with Crippen molar-refractivity contribution in [1.29, 1.82) is 0 Å². The SMILES string of the molecule is CCCc1nnsc1-c1nnc(C(Cl)c2ccccc2)o1. The van der Waals surface area contributed by atoms with Crippen molar-refractivity contribution in [1.82, 2.24) is 19.8 Å². The molecule has 3 aromatic rings. The second kappa shape index (κ2) is 6.32. The molecule has 0 aliphatic rings. The zero-order chi connectivity index (χ0) is 14.7. The van der Waals surface area contributed by atoms with E-state index in [0.717, 1.165) is 29.0 Å². The highest BCUT2D eigenvalue weighted by Gasteiger charge is 2.21. The average molecular weight is 321 g/mol. The molecule has 0 saturated heterocycles. The Morgan fingerprint density at radius 2 is 2.00 bits per heavy atom. The largest absolute Gasteiger partial charge is 0.418 e. The number of aromatic nitrogens is 4. The second-order valence-corrected chi connectivity index (χ2v) is 5.71. The summed E-state index contributed by atoms with van der Waals surface area (Å²) in [6, 6.07) is 9.64. The molecule has 1 unspecified atom stereocenters. The quantitative estimate of drug-likeness (QED) is 0.668. The van der Waals surface area contributed by atoms with Crippen LogP contribution in [0.3, 0.4) is 0 Å². The van der Waals surface area contributed by atoms with Crippen molar-refractivity contribution >= 4 is 23.1 Å². The Hall–Kier alpha value is -1.79. The summed E-state index contributed by atoms with van der Waals surface area (Å²) in [6.07, 6.45) is 1.83. The highest BCUT2D eigenvalue weighted by Crippen LogP contribution is 2.31. The molecule has 0 saturated carbocycles. The van der Waals surface area contributed by atoms with Crippen LogP contribution in [0, 0.1) is 0 Å². The molecule has 0 bridgehead atoms. The van der Waals surface area contributed by atoms with Crippen LogP contribution in [0.2, 0.25) is 0 Å². The average Bonchev–Trinajstić information content (AvgIpc) is 3.16. The van der Waals surface area contributed by atoms with Gasteiger partial charge in [-0.15, -0.1) is 26.9 Å². The van der Waals surface area contributed by atoms with E-state index in [1.54, 1.807) is 0 Å². The molecule has 5 nitrogen and oxygen atoms in total. The molecular weight excluding hydrogens is 308 g/mol. The Morgan fingerprint density at radius 1 is 1.19 bits per heavy atom. The lowest BCUT2D eigenvalue weighted by atomic mass is 10.1. The van der Waals surface area contributed by atoms with Gasteiger partial charge in [-0.2, -0.15) is 0 Å². The molecule has 0 aliphatic carbocycles. The van der Waals surface area contributed by atoms with Gasteiger partial charge in [0.2, 0.25) is 5.89 Å². The van der Waals surface area contributed by atoms with E-state index in [9.17, 15) is 0 Å². The van der Waals surface area contributed by atoms with E-state index in [-0.39, 0.29) is 0 Å². The van der Waals surface area contributed by atoms with Crippen LogP contribution in [-0.2, 0) is 6.42 Å². The lowest BCUT2D eigenvalue weighted by Gasteiger charge is -2.03. The number of alkyl halides is 1. The van der Waals surface area contributed by atoms with E-state index in [1.807, 2.05) is 30.3 Å². The van der Waals surface area contributed by atoms with Crippen molar-refractivity contribution < 1.29 is 4.42 Å². The molecule has 0 amide bonds. The van der Waals surface area contributed by atoms with Crippen molar-refractivity contribution in [3.8, 4) is 10.8 Å². The van der Waals surface area contributed by atoms with Gasteiger partial charge < -0.3 is 4.42 Å². The van der Waals surface area contributed by atoms with Crippen LogP contribution in [0.1, 0.15) is 35.9 Å². The van der Waals surface area contributed by atoms with Gasteiger partial charge in [0.15, 0.2) is 0 Å². The Labute approximate surface area is 131 Å². The lowest BCUT2D eigenvalue weighted by Crippen LogP contribution is -1.92. The number of hydrogen-bond acceptors (Lipinski definition) is 6. The highest BCUT2D eigenvalue weighted by atomic mass is 35.5. The number of halogens is 1. The lowest BCUT2D eigenvalue weighted by molar-refractivity contribution is 0.513. The normalized spacial score (nSPS) is 12.5. The molecule has 21 heavy (non-hydrogen) atoms. The Bertz CT molecular complexity index is 713. The first kappa shape index (κ1) is 14.2. The van der Waals surface area contributed by atoms with Crippen LogP contribution in [-0.4, -0.2) is 19.8 Å². The predicted molar refractivity (Wildman–Crippen MR) is 81.3 cm³/mol. The van der Waals surface area contributed by atoms with Gasteiger partial charge in [-0.05, 0) is 23.5 Å². The van der Waals surface area contributed by atoms with E-state index in [0.29, 0.717) is 11.8 Å². The number of benzene rings is 1. The summed E-state index contributed by atoms with van der Waals surface area (Å²) in [5.41, 5.74) is 1.81.